The van der Waals surface area contributed by atoms with Crippen molar-refractivity contribution in [2.75, 3.05) is 5.75 Å². The number of aryl methyl sites for hydroxylation is 3. The first-order valence-electron chi connectivity index (χ1n) is 7.24. The van der Waals surface area contributed by atoms with Crippen LogP contribution in [0.1, 0.15) is 27.0 Å². The number of hydrogen-bond donors (Lipinski definition) is 0. The Kier molecular flexibility index (Phi) is 4.76. The lowest BCUT2D eigenvalue weighted by Gasteiger charge is -2.08. The maximum absolute atomic E-state index is 12.5. The van der Waals surface area contributed by atoms with Crippen LogP contribution in [0.2, 0.25) is 5.02 Å². The predicted octanol–water partition coefficient (Wildman–Crippen LogP) is 5.85. The van der Waals surface area contributed by atoms with E-state index in [1.165, 1.54) is 17.3 Å². The van der Waals surface area contributed by atoms with Gasteiger partial charge in [0, 0.05) is 10.6 Å². The number of halogens is 1. The van der Waals surface area contributed by atoms with Crippen molar-refractivity contribution >= 4 is 50.7 Å². The molecule has 0 aliphatic rings. The van der Waals surface area contributed by atoms with Gasteiger partial charge in [0.15, 0.2) is 10.1 Å². The molecule has 118 valence electrons. The van der Waals surface area contributed by atoms with Crippen molar-refractivity contribution in [3.8, 4) is 0 Å². The monoisotopic (exact) mass is 361 g/mol. The Labute approximate surface area is 148 Å². The summed E-state index contributed by atoms with van der Waals surface area (Å²) in [7, 11) is 0. The van der Waals surface area contributed by atoms with Crippen molar-refractivity contribution in [1.29, 1.82) is 0 Å². The van der Waals surface area contributed by atoms with Crippen molar-refractivity contribution in [2.45, 2.75) is 25.1 Å². The summed E-state index contributed by atoms with van der Waals surface area (Å²) in [6, 6.07) is 9.75. The Balaban J connectivity index is 1.76. The molecule has 2 nitrogen and oxygen atoms in total. The molecule has 0 bridgehead atoms. The normalized spacial score (nSPS) is 11.1. The van der Waals surface area contributed by atoms with Crippen LogP contribution in [0.3, 0.4) is 0 Å². The van der Waals surface area contributed by atoms with Crippen molar-refractivity contribution in [2.24, 2.45) is 0 Å². The van der Waals surface area contributed by atoms with Crippen molar-refractivity contribution in [3.05, 3.63) is 57.6 Å². The number of Topliss-reactive ketones (excluding diaryl/α,β-unsaturated/α-hetero) is 1. The van der Waals surface area contributed by atoms with Crippen LogP contribution in [0.5, 0.6) is 0 Å². The molecular weight excluding hydrogens is 346 g/mol. The quantitative estimate of drug-likeness (QED) is 0.431. The third kappa shape index (κ3) is 3.60. The Morgan fingerprint density at radius 1 is 1.13 bits per heavy atom. The average molecular weight is 362 g/mol. The molecule has 1 aromatic heterocycles. The molecular formula is C18H16ClNOS2. The van der Waals surface area contributed by atoms with E-state index in [2.05, 4.69) is 18.0 Å². The Hall–Kier alpha value is -1.36. The number of thiazole rings is 1. The zero-order chi connectivity index (χ0) is 16.6. The second-order valence-electron chi connectivity index (χ2n) is 5.56. The molecule has 1 heterocycles. The molecule has 3 aromatic rings. The summed E-state index contributed by atoms with van der Waals surface area (Å²) >= 11 is 9.07. The Bertz CT molecular complexity index is 901. The van der Waals surface area contributed by atoms with E-state index in [-0.39, 0.29) is 5.78 Å². The summed E-state index contributed by atoms with van der Waals surface area (Å²) in [5.74, 6) is 0.546. The molecule has 0 radical (unpaired) electrons. The molecule has 0 spiro atoms. The van der Waals surface area contributed by atoms with Crippen LogP contribution in [-0.2, 0) is 0 Å². The maximum Gasteiger partial charge on any atom is 0.173 e. The van der Waals surface area contributed by atoms with Crippen molar-refractivity contribution in [1.82, 2.24) is 4.98 Å². The number of carbonyl (C=O) groups excluding carboxylic acids is 1. The number of benzene rings is 2. The predicted molar refractivity (Wildman–Crippen MR) is 100 cm³/mol. The minimum Gasteiger partial charge on any atom is -0.293 e. The van der Waals surface area contributed by atoms with Gasteiger partial charge in [-0.1, -0.05) is 29.4 Å². The number of rotatable bonds is 4. The number of aromatic nitrogens is 1. The standard InChI is InChI=1S/C18H16ClNOS2/c1-10-6-12(3)14(7-11(10)2)16(21)9-22-18-20-15-8-13(19)4-5-17(15)23-18/h4-8H,9H2,1-3H3. The zero-order valence-corrected chi connectivity index (χ0v) is 15.5. The van der Waals surface area contributed by atoms with Gasteiger partial charge < -0.3 is 0 Å². The molecule has 2 aromatic carbocycles. The molecule has 3 rings (SSSR count). The van der Waals surface area contributed by atoms with Gasteiger partial charge >= 0.3 is 0 Å². The van der Waals surface area contributed by atoms with E-state index >= 15 is 0 Å². The third-order valence-corrected chi connectivity index (χ3v) is 6.21. The van der Waals surface area contributed by atoms with E-state index in [1.807, 2.05) is 38.1 Å². The fraction of sp³-hybridized carbons (Fsp3) is 0.222. The van der Waals surface area contributed by atoms with Gasteiger partial charge in [0.25, 0.3) is 0 Å². The number of carbonyl (C=O) groups is 1. The molecule has 0 atom stereocenters. The molecule has 0 aliphatic heterocycles. The molecule has 0 N–H and O–H groups in total. The first-order chi connectivity index (χ1) is 10.9. The molecule has 0 saturated heterocycles. The third-order valence-electron chi connectivity index (χ3n) is 3.80. The largest absolute Gasteiger partial charge is 0.293 e. The molecule has 0 saturated carbocycles. The fourth-order valence-electron chi connectivity index (χ4n) is 2.41. The zero-order valence-electron chi connectivity index (χ0n) is 13.1. The van der Waals surface area contributed by atoms with Crippen LogP contribution >= 0.6 is 34.7 Å². The average Bonchev–Trinajstić information content (AvgIpc) is 2.90. The van der Waals surface area contributed by atoms with Gasteiger partial charge in [0.1, 0.15) is 0 Å². The minimum absolute atomic E-state index is 0.146. The summed E-state index contributed by atoms with van der Waals surface area (Å²) in [5.41, 5.74) is 5.10. The van der Waals surface area contributed by atoms with E-state index in [0.717, 1.165) is 31.2 Å². The second-order valence-corrected chi connectivity index (χ2v) is 8.24. The Morgan fingerprint density at radius 2 is 1.87 bits per heavy atom. The summed E-state index contributed by atoms with van der Waals surface area (Å²) in [6.45, 7) is 6.09. The first-order valence-corrected chi connectivity index (χ1v) is 9.42. The van der Waals surface area contributed by atoms with Gasteiger partial charge in [0.2, 0.25) is 0 Å². The minimum atomic E-state index is 0.146. The first kappa shape index (κ1) is 16.5. The summed E-state index contributed by atoms with van der Waals surface area (Å²) in [6.07, 6.45) is 0. The van der Waals surface area contributed by atoms with Crippen molar-refractivity contribution < 1.29 is 4.79 Å². The molecule has 0 fully saturated rings. The van der Waals surface area contributed by atoms with Gasteiger partial charge in [-0.05, 0) is 61.7 Å². The smallest absolute Gasteiger partial charge is 0.173 e. The van der Waals surface area contributed by atoms with E-state index in [4.69, 9.17) is 11.6 Å². The van der Waals surface area contributed by atoms with E-state index in [0.29, 0.717) is 10.8 Å². The van der Waals surface area contributed by atoms with Crippen LogP contribution in [0.4, 0.5) is 0 Å². The van der Waals surface area contributed by atoms with Gasteiger partial charge in [-0.3, -0.25) is 4.79 Å². The van der Waals surface area contributed by atoms with Crippen LogP contribution in [-0.4, -0.2) is 16.5 Å². The highest BCUT2D eigenvalue weighted by Gasteiger charge is 2.13. The number of ketones is 1. The van der Waals surface area contributed by atoms with Gasteiger partial charge in [0.05, 0.1) is 16.0 Å². The van der Waals surface area contributed by atoms with Gasteiger partial charge in [-0.15, -0.1) is 11.3 Å². The Morgan fingerprint density at radius 3 is 2.65 bits per heavy atom. The molecule has 0 unspecified atom stereocenters. The van der Waals surface area contributed by atoms with Gasteiger partial charge in [-0.2, -0.15) is 0 Å². The molecule has 0 amide bonds. The molecule has 0 aliphatic carbocycles. The highest BCUT2D eigenvalue weighted by Crippen LogP contribution is 2.31. The number of thioether (sulfide) groups is 1. The van der Waals surface area contributed by atoms with Crippen molar-refractivity contribution in [3.63, 3.8) is 0 Å². The maximum atomic E-state index is 12.5. The number of nitrogens with zero attached hydrogens (tertiary/aromatic N) is 1. The fourth-order valence-corrected chi connectivity index (χ4v) is 4.51. The van der Waals surface area contributed by atoms with E-state index in [9.17, 15) is 4.79 Å². The summed E-state index contributed by atoms with van der Waals surface area (Å²) in [4.78, 5) is 17.0. The van der Waals surface area contributed by atoms with Gasteiger partial charge in [-0.25, -0.2) is 4.98 Å². The second kappa shape index (κ2) is 6.63. The lowest BCUT2D eigenvalue weighted by Crippen LogP contribution is -2.06. The van der Waals surface area contributed by atoms with Crippen LogP contribution in [0.25, 0.3) is 10.2 Å². The lowest BCUT2D eigenvalue weighted by molar-refractivity contribution is 0.102. The van der Waals surface area contributed by atoms with Crippen LogP contribution in [0, 0.1) is 20.8 Å². The highest BCUT2D eigenvalue weighted by atomic mass is 35.5. The topological polar surface area (TPSA) is 30.0 Å². The molecule has 23 heavy (non-hydrogen) atoms. The SMILES string of the molecule is Cc1cc(C)c(C(=O)CSc2nc3cc(Cl)ccc3s2)cc1C. The van der Waals surface area contributed by atoms with Crippen LogP contribution in [0.15, 0.2) is 34.7 Å². The van der Waals surface area contributed by atoms with E-state index in [1.54, 1.807) is 11.3 Å². The lowest BCUT2D eigenvalue weighted by atomic mass is 9.99. The van der Waals surface area contributed by atoms with E-state index < -0.39 is 0 Å². The van der Waals surface area contributed by atoms with Crippen LogP contribution < -0.4 is 0 Å². The summed E-state index contributed by atoms with van der Waals surface area (Å²) in [5, 5.41) is 0.682. The number of fused-ring (bicyclic) bond motifs is 1. The summed E-state index contributed by atoms with van der Waals surface area (Å²) < 4.78 is 1.99. The number of hydrogen-bond acceptors (Lipinski definition) is 4. The highest BCUT2D eigenvalue weighted by molar-refractivity contribution is 8.01. The molecule has 5 heteroatoms.